The lowest BCUT2D eigenvalue weighted by atomic mass is 10.2. The minimum atomic E-state index is -0.299. The van der Waals surface area contributed by atoms with E-state index in [2.05, 4.69) is 31.9 Å². The summed E-state index contributed by atoms with van der Waals surface area (Å²) < 4.78 is 5.83. The average molecular weight is 450 g/mol. The highest BCUT2D eigenvalue weighted by Gasteiger charge is 2.09. The lowest BCUT2D eigenvalue weighted by Crippen LogP contribution is -2.34. The van der Waals surface area contributed by atoms with E-state index in [1.165, 1.54) is 0 Å². The van der Waals surface area contributed by atoms with E-state index in [1.807, 2.05) is 0 Å². The van der Waals surface area contributed by atoms with Crippen LogP contribution in [0.1, 0.15) is 27.1 Å². The summed E-state index contributed by atoms with van der Waals surface area (Å²) in [6, 6.07) is 13.8. The van der Waals surface area contributed by atoms with Crippen LogP contribution in [0.5, 0.6) is 0 Å². The zero-order valence-corrected chi connectivity index (χ0v) is 17.2. The number of hydrogen-bond donors (Lipinski definition) is 3. The number of rotatable bonds is 7. The molecule has 8 heteroatoms. The van der Waals surface area contributed by atoms with Crippen LogP contribution in [0.2, 0.25) is 0 Å². The number of methoxy groups -OCH3 is 1. The van der Waals surface area contributed by atoms with Crippen LogP contribution in [0.25, 0.3) is 0 Å². The molecule has 0 radical (unpaired) electrons. The maximum absolute atomic E-state index is 12.1. The number of amides is 2. The van der Waals surface area contributed by atoms with E-state index in [0.29, 0.717) is 30.0 Å². The van der Waals surface area contributed by atoms with Crippen LogP contribution >= 0.6 is 28.1 Å². The van der Waals surface area contributed by atoms with E-state index in [0.717, 1.165) is 10.9 Å². The highest BCUT2D eigenvalue weighted by molar-refractivity contribution is 9.10. The molecular weight excluding hydrogens is 430 g/mol. The number of carbonyl (C=O) groups is 2. The van der Waals surface area contributed by atoms with E-state index < -0.39 is 0 Å². The molecule has 2 amide bonds. The second-order valence-electron chi connectivity index (χ2n) is 5.59. The van der Waals surface area contributed by atoms with Gasteiger partial charge in [-0.1, -0.05) is 15.9 Å². The molecule has 6 nitrogen and oxygen atoms in total. The van der Waals surface area contributed by atoms with Gasteiger partial charge in [0.2, 0.25) is 0 Å². The molecule has 0 aromatic heterocycles. The number of hydrogen-bond acceptors (Lipinski definition) is 4. The van der Waals surface area contributed by atoms with Crippen LogP contribution < -0.4 is 16.0 Å². The zero-order chi connectivity index (χ0) is 19.6. The third kappa shape index (κ3) is 7.09. The van der Waals surface area contributed by atoms with Crippen LogP contribution in [0.15, 0.2) is 53.0 Å². The van der Waals surface area contributed by atoms with Gasteiger partial charge in [0.25, 0.3) is 11.8 Å². The zero-order valence-electron chi connectivity index (χ0n) is 14.8. The number of anilines is 1. The maximum Gasteiger partial charge on any atom is 0.257 e. The predicted octanol–water partition coefficient (Wildman–Crippen LogP) is 3.34. The van der Waals surface area contributed by atoms with E-state index in [1.54, 1.807) is 55.6 Å². The Morgan fingerprint density at radius 3 is 2.22 bits per heavy atom. The van der Waals surface area contributed by atoms with Crippen molar-refractivity contribution in [1.29, 1.82) is 0 Å². The first kappa shape index (κ1) is 21.0. The standard InChI is InChI=1S/C19H20BrN3O3S/c1-26-12-2-11-21-17(24)13-5-9-16(10-6-13)22-19(27)23-18(25)14-3-7-15(20)8-4-14/h3-10H,2,11-12H2,1H3,(H,21,24)(H2,22,23,25,27). The fraction of sp³-hybridized carbons (Fsp3) is 0.211. The van der Waals surface area contributed by atoms with Crippen molar-refractivity contribution in [3.8, 4) is 0 Å². The monoisotopic (exact) mass is 449 g/mol. The average Bonchev–Trinajstić information content (AvgIpc) is 2.66. The van der Waals surface area contributed by atoms with Gasteiger partial charge < -0.3 is 15.4 Å². The molecule has 2 aromatic carbocycles. The summed E-state index contributed by atoms with van der Waals surface area (Å²) in [5.74, 6) is -0.448. The van der Waals surface area contributed by atoms with Gasteiger partial charge >= 0.3 is 0 Å². The predicted molar refractivity (Wildman–Crippen MR) is 113 cm³/mol. The molecule has 142 valence electrons. The Bertz CT molecular complexity index is 795. The van der Waals surface area contributed by atoms with E-state index in [9.17, 15) is 9.59 Å². The van der Waals surface area contributed by atoms with Gasteiger partial charge in [0.05, 0.1) is 0 Å². The molecule has 2 rings (SSSR count). The Kier molecular flexibility index (Phi) is 8.38. The minimum Gasteiger partial charge on any atom is -0.385 e. The van der Waals surface area contributed by atoms with Crippen LogP contribution in [0, 0.1) is 0 Å². The van der Waals surface area contributed by atoms with Crippen molar-refractivity contribution in [1.82, 2.24) is 10.6 Å². The van der Waals surface area contributed by atoms with Gasteiger partial charge in [0.15, 0.2) is 5.11 Å². The molecule has 0 aliphatic rings. The van der Waals surface area contributed by atoms with Crippen molar-refractivity contribution in [2.45, 2.75) is 6.42 Å². The maximum atomic E-state index is 12.1. The normalized spacial score (nSPS) is 10.1. The largest absolute Gasteiger partial charge is 0.385 e. The second-order valence-corrected chi connectivity index (χ2v) is 6.92. The Hall–Kier alpha value is -2.29. The minimum absolute atomic E-state index is 0.149. The van der Waals surface area contributed by atoms with E-state index >= 15 is 0 Å². The van der Waals surface area contributed by atoms with Crippen LogP contribution in [-0.4, -0.2) is 37.2 Å². The SMILES string of the molecule is COCCCNC(=O)c1ccc(NC(=S)NC(=O)c2ccc(Br)cc2)cc1. The molecule has 0 unspecified atom stereocenters. The molecular formula is C19H20BrN3O3S. The Morgan fingerprint density at radius 1 is 1.00 bits per heavy atom. The number of nitrogens with one attached hydrogen (secondary N) is 3. The van der Waals surface area contributed by atoms with Crippen molar-refractivity contribution >= 4 is 50.8 Å². The Labute approximate surface area is 171 Å². The highest BCUT2D eigenvalue weighted by atomic mass is 79.9. The van der Waals surface area contributed by atoms with Crippen molar-refractivity contribution in [2.24, 2.45) is 0 Å². The third-order valence-electron chi connectivity index (χ3n) is 3.55. The summed E-state index contributed by atoms with van der Waals surface area (Å²) in [6.45, 7) is 1.16. The quantitative estimate of drug-likeness (QED) is 0.446. The van der Waals surface area contributed by atoms with Crippen molar-refractivity contribution < 1.29 is 14.3 Å². The summed E-state index contributed by atoms with van der Waals surface area (Å²) in [5, 5.41) is 8.54. The van der Waals surface area contributed by atoms with Crippen LogP contribution in [0.3, 0.4) is 0 Å². The van der Waals surface area contributed by atoms with Crippen LogP contribution in [-0.2, 0) is 4.74 Å². The molecule has 27 heavy (non-hydrogen) atoms. The van der Waals surface area contributed by atoms with Crippen LogP contribution in [0.4, 0.5) is 5.69 Å². The fourth-order valence-corrected chi connectivity index (χ4v) is 2.64. The summed E-state index contributed by atoms with van der Waals surface area (Å²) in [5.41, 5.74) is 1.72. The lowest BCUT2D eigenvalue weighted by Gasteiger charge is -2.10. The topological polar surface area (TPSA) is 79.5 Å². The summed E-state index contributed by atoms with van der Waals surface area (Å²) >= 11 is 8.48. The van der Waals surface area contributed by atoms with Crippen molar-refractivity contribution in [2.75, 3.05) is 25.6 Å². The number of ether oxygens (including phenoxy) is 1. The number of carbonyl (C=O) groups excluding carboxylic acids is 2. The summed E-state index contributed by atoms with van der Waals surface area (Å²) in [7, 11) is 1.62. The molecule has 0 fully saturated rings. The van der Waals surface area contributed by atoms with E-state index in [-0.39, 0.29) is 16.9 Å². The Balaban J connectivity index is 1.84. The van der Waals surface area contributed by atoms with Crippen molar-refractivity contribution in [3.63, 3.8) is 0 Å². The third-order valence-corrected chi connectivity index (χ3v) is 4.28. The van der Waals surface area contributed by atoms with Gasteiger partial charge in [0.1, 0.15) is 0 Å². The molecule has 0 bridgehead atoms. The first-order valence-electron chi connectivity index (χ1n) is 8.24. The van der Waals surface area contributed by atoms with Gasteiger partial charge in [-0.15, -0.1) is 0 Å². The first-order valence-corrected chi connectivity index (χ1v) is 9.45. The molecule has 0 atom stereocenters. The molecule has 3 N–H and O–H groups in total. The van der Waals surface area contributed by atoms with Gasteiger partial charge in [-0.2, -0.15) is 0 Å². The fourth-order valence-electron chi connectivity index (χ4n) is 2.16. The molecule has 0 saturated heterocycles. The van der Waals surface area contributed by atoms with Crippen molar-refractivity contribution in [3.05, 3.63) is 64.1 Å². The first-order chi connectivity index (χ1) is 13.0. The summed E-state index contributed by atoms with van der Waals surface area (Å²) in [6.07, 6.45) is 0.758. The van der Waals surface area contributed by atoms with E-state index in [4.69, 9.17) is 17.0 Å². The van der Waals surface area contributed by atoms with Gasteiger partial charge in [-0.3, -0.25) is 14.9 Å². The molecule has 2 aromatic rings. The molecule has 0 saturated carbocycles. The number of thiocarbonyl (C=S) groups is 1. The number of halogens is 1. The smallest absolute Gasteiger partial charge is 0.257 e. The lowest BCUT2D eigenvalue weighted by molar-refractivity contribution is 0.0946. The van der Waals surface area contributed by atoms with Gasteiger partial charge in [-0.05, 0) is 67.2 Å². The summed E-state index contributed by atoms with van der Waals surface area (Å²) in [4.78, 5) is 24.1. The molecule has 0 aliphatic carbocycles. The number of benzene rings is 2. The molecule has 0 heterocycles. The van der Waals surface area contributed by atoms with Gasteiger partial charge in [-0.25, -0.2) is 0 Å². The van der Waals surface area contributed by atoms with Gasteiger partial charge in [0, 0.05) is 41.5 Å². The molecule has 0 aliphatic heterocycles. The highest BCUT2D eigenvalue weighted by Crippen LogP contribution is 2.11. The second kappa shape index (κ2) is 10.8. The Morgan fingerprint density at radius 2 is 1.59 bits per heavy atom. The molecule has 0 spiro atoms.